The molecule has 2 rings (SSSR count). The first-order chi connectivity index (χ1) is 9.47. The molecule has 0 aromatic heterocycles. The minimum atomic E-state index is -0.991. The summed E-state index contributed by atoms with van der Waals surface area (Å²) in [5, 5.41) is 8.86. The van der Waals surface area contributed by atoms with E-state index in [0.29, 0.717) is 6.61 Å². The third-order valence-corrected chi connectivity index (χ3v) is 3.36. The van der Waals surface area contributed by atoms with Gasteiger partial charge in [0.1, 0.15) is 12.3 Å². The predicted molar refractivity (Wildman–Crippen MR) is 73.8 cm³/mol. The van der Waals surface area contributed by atoms with Gasteiger partial charge in [0.2, 0.25) is 5.91 Å². The normalized spacial score (nSPS) is 12.9. The van der Waals surface area contributed by atoms with Crippen molar-refractivity contribution in [1.29, 1.82) is 0 Å². The molecule has 0 radical (unpaired) electrons. The average molecular weight is 277 g/mol. The van der Waals surface area contributed by atoms with Crippen LogP contribution in [0.25, 0.3) is 0 Å². The van der Waals surface area contributed by atoms with E-state index in [0.717, 1.165) is 23.3 Å². The Balaban J connectivity index is 2.07. The number of carboxylic acid groups (broad SMARTS) is 1. The lowest BCUT2D eigenvalue weighted by Crippen LogP contribution is -2.41. The van der Waals surface area contributed by atoms with Gasteiger partial charge in [0.05, 0.1) is 13.0 Å². The minimum absolute atomic E-state index is 0.128. The zero-order valence-corrected chi connectivity index (χ0v) is 11.8. The molecule has 0 atom stereocenters. The van der Waals surface area contributed by atoms with Crippen molar-refractivity contribution in [3.05, 3.63) is 29.3 Å². The number of nitrogens with zero attached hydrogens (tertiary/aromatic N) is 1. The Morgan fingerprint density at radius 1 is 1.40 bits per heavy atom. The van der Waals surface area contributed by atoms with Crippen molar-refractivity contribution in [2.75, 3.05) is 13.2 Å². The van der Waals surface area contributed by atoms with E-state index in [1.165, 1.54) is 4.90 Å². The van der Waals surface area contributed by atoms with Crippen LogP contribution in [-0.4, -0.2) is 41.1 Å². The van der Waals surface area contributed by atoms with Gasteiger partial charge in [0.25, 0.3) is 0 Å². The van der Waals surface area contributed by atoms with Crippen LogP contribution in [0.1, 0.15) is 25.0 Å². The van der Waals surface area contributed by atoms with E-state index in [9.17, 15) is 9.59 Å². The molecule has 1 aliphatic heterocycles. The van der Waals surface area contributed by atoms with Gasteiger partial charge in [-0.05, 0) is 31.0 Å². The summed E-state index contributed by atoms with van der Waals surface area (Å²) in [5.74, 6) is -0.275. The van der Waals surface area contributed by atoms with E-state index in [1.54, 1.807) is 0 Å². The lowest BCUT2D eigenvalue weighted by molar-refractivity contribution is -0.145. The molecule has 1 N–H and O–H groups in total. The number of amides is 1. The number of aliphatic carboxylic acids is 1. The highest BCUT2D eigenvalue weighted by Gasteiger charge is 2.21. The molecule has 0 fully saturated rings. The summed E-state index contributed by atoms with van der Waals surface area (Å²) in [6.45, 7) is 4.06. The number of carbonyl (C=O) groups is 2. The van der Waals surface area contributed by atoms with Gasteiger partial charge in [-0.3, -0.25) is 9.59 Å². The molecule has 1 aromatic rings. The Hall–Kier alpha value is -2.04. The molecule has 1 aliphatic rings. The second kappa shape index (κ2) is 5.94. The summed E-state index contributed by atoms with van der Waals surface area (Å²) in [7, 11) is 0. The van der Waals surface area contributed by atoms with Gasteiger partial charge in [-0.2, -0.15) is 0 Å². The van der Waals surface area contributed by atoms with Gasteiger partial charge in [-0.25, -0.2) is 0 Å². The number of rotatable bonds is 5. The van der Waals surface area contributed by atoms with E-state index in [1.807, 2.05) is 32.0 Å². The molecule has 0 unspecified atom stereocenters. The number of hydrogen-bond donors (Lipinski definition) is 1. The van der Waals surface area contributed by atoms with Crippen LogP contribution < -0.4 is 4.74 Å². The molecule has 0 saturated heterocycles. The van der Waals surface area contributed by atoms with Gasteiger partial charge in [-0.15, -0.1) is 0 Å². The monoisotopic (exact) mass is 277 g/mol. The smallest absolute Gasteiger partial charge is 0.323 e. The van der Waals surface area contributed by atoms with E-state index in [-0.39, 0.29) is 24.9 Å². The molecule has 0 spiro atoms. The van der Waals surface area contributed by atoms with Crippen molar-refractivity contribution in [3.8, 4) is 5.75 Å². The van der Waals surface area contributed by atoms with Crippen LogP contribution in [0.4, 0.5) is 0 Å². The van der Waals surface area contributed by atoms with Gasteiger partial charge in [0, 0.05) is 12.5 Å². The lowest BCUT2D eigenvalue weighted by Gasteiger charge is -2.25. The molecule has 0 bridgehead atoms. The van der Waals surface area contributed by atoms with E-state index in [2.05, 4.69) is 0 Å². The highest BCUT2D eigenvalue weighted by Crippen LogP contribution is 2.26. The Morgan fingerprint density at radius 2 is 2.15 bits per heavy atom. The van der Waals surface area contributed by atoms with Crippen LogP contribution in [0.3, 0.4) is 0 Å². The fraction of sp³-hybridized carbons (Fsp3) is 0.467. The number of fused-ring (bicyclic) bond motifs is 1. The number of carbonyl (C=O) groups excluding carboxylic acids is 1. The summed E-state index contributed by atoms with van der Waals surface area (Å²) in [5.41, 5.74) is 2.01. The lowest BCUT2D eigenvalue weighted by atomic mass is 10.1. The molecular formula is C15H19NO4. The number of hydrogen-bond acceptors (Lipinski definition) is 3. The van der Waals surface area contributed by atoms with Crippen LogP contribution in [0.2, 0.25) is 0 Å². The summed E-state index contributed by atoms with van der Waals surface area (Å²) in [6, 6.07) is 5.58. The summed E-state index contributed by atoms with van der Waals surface area (Å²) in [4.78, 5) is 24.4. The second-order valence-corrected chi connectivity index (χ2v) is 5.23. The maximum Gasteiger partial charge on any atom is 0.323 e. The molecule has 5 heteroatoms. The van der Waals surface area contributed by atoms with E-state index >= 15 is 0 Å². The topological polar surface area (TPSA) is 66.8 Å². The quantitative estimate of drug-likeness (QED) is 0.885. The Morgan fingerprint density at radius 3 is 2.80 bits per heavy atom. The van der Waals surface area contributed by atoms with Gasteiger partial charge in [0.15, 0.2) is 0 Å². The molecule has 108 valence electrons. The minimum Gasteiger partial charge on any atom is -0.493 e. The number of benzene rings is 1. The van der Waals surface area contributed by atoms with Gasteiger partial charge >= 0.3 is 5.97 Å². The third-order valence-electron chi connectivity index (χ3n) is 3.36. The van der Waals surface area contributed by atoms with Crippen molar-refractivity contribution in [2.45, 2.75) is 32.7 Å². The van der Waals surface area contributed by atoms with Crippen LogP contribution in [-0.2, 0) is 22.4 Å². The molecular weight excluding hydrogens is 258 g/mol. The van der Waals surface area contributed by atoms with Gasteiger partial charge in [-0.1, -0.05) is 12.1 Å². The highest BCUT2D eigenvalue weighted by atomic mass is 16.5. The Labute approximate surface area is 118 Å². The predicted octanol–water partition coefficient (Wildman–Crippen LogP) is 1.49. The van der Waals surface area contributed by atoms with Crippen LogP contribution in [0.5, 0.6) is 5.75 Å². The molecule has 5 nitrogen and oxygen atoms in total. The number of ether oxygens (including phenoxy) is 1. The van der Waals surface area contributed by atoms with Crippen molar-refractivity contribution in [2.24, 2.45) is 0 Å². The van der Waals surface area contributed by atoms with Crippen LogP contribution in [0, 0.1) is 0 Å². The molecule has 20 heavy (non-hydrogen) atoms. The SMILES string of the molecule is CC(C)N(CC(=O)O)C(=O)Cc1ccc2c(c1)CCO2. The fourth-order valence-corrected chi connectivity index (χ4v) is 2.33. The molecule has 1 amide bonds. The average Bonchev–Trinajstić information content (AvgIpc) is 2.82. The molecule has 0 aliphatic carbocycles. The second-order valence-electron chi connectivity index (χ2n) is 5.23. The summed E-state index contributed by atoms with van der Waals surface area (Å²) < 4.78 is 5.42. The first kappa shape index (κ1) is 14.4. The van der Waals surface area contributed by atoms with E-state index < -0.39 is 5.97 Å². The Bertz CT molecular complexity index is 525. The maximum atomic E-state index is 12.2. The van der Waals surface area contributed by atoms with Crippen molar-refractivity contribution in [3.63, 3.8) is 0 Å². The third kappa shape index (κ3) is 3.29. The Kier molecular flexibility index (Phi) is 4.27. The fourth-order valence-electron chi connectivity index (χ4n) is 2.33. The first-order valence-corrected chi connectivity index (χ1v) is 6.73. The number of carboxylic acids is 1. The van der Waals surface area contributed by atoms with Crippen LogP contribution >= 0.6 is 0 Å². The highest BCUT2D eigenvalue weighted by molar-refractivity contribution is 5.83. The molecule has 0 saturated carbocycles. The molecule has 1 heterocycles. The standard InChI is InChI=1S/C15H19NO4/c1-10(2)16(9-15(18)19)14(17)8-11-3-4-13-12(7-11)5-6-20-13/h3-4,7,10H,5-6,8-9H2,1-2H3,(H,18,19). The zero-order chi connectivity index (χ0) is 14.7. The summed E-state index contributed by atoms with van der Waals surface area (Å²) in [6.07, 6.45) is 1.08. The largest absolute Gasteiger partial charge is 0.493 e. The zero-order valence-electron chi connectivity index (χ0n) is 11.8. The molecule has 1 aromatic carbocycles. The van der Waals surface area contributed by atoms with Crippen molar-refractivity contribution < 1.29 is 19.4 Å². The van der Waals surface area contributed by atoms with E-state index in [4.69, 9.17) is 9.84 Å². The summed E-state index contributed by atoms with van der Waals surface area (Å²) >= 11 is 0. The maximum absolute atomic E-state index is 12.2. The van der Waals surface area contributed by atoms with Gasteiger partial charge < -0.3 is 14.7 Å². The van der Waals surface area contributed by atoms with Crippen LogP contribution in [0.15, 0.2) is 18.2 Å². The van der Waals surface area contributed by atoms with Crippen molar-refractivity contribution in [1.82, 2.24) is 4.90 Å². The first-order valence-electron chi connectivity index (χ1n) is 6.73. The van der Waals surface area contributed by atoms with Crippen molar-refractivity contribution >= 4 is 11.9 Å².